The van der Waals surface area contributed by atoms with Gasteiger partial charge in [0.05, 0.1) is 13.0 Å². The number of methoxy groups -OCH3 is 1. The van der Waals surface area contributed by atoms with E-state index in [0.717, 1.165) is 32.7 Å². The van der Waals surface area contributed by atoms with Crippen molar-refractivity contribution in [2.75, 3.05) is 53.0 Å². The molecule has 0 N–H and O–H groups in total. The predicted molar refractivity (Wildman–Crippen MR) is 78.8 cm³/mol. The molecule has 20 heavy (non-hydrogen) atoms. The highest BCUT2D eigenvalue weighted by Gasteiger charge is 2.20. The maximum absolute atomic E-state index is 11.8. The third-order valence-corrected chi connectivity index (χ3v) is 3.18. The highest BCUT2D eigenvalue weighted by Crippen LogP contribution is 2.04. The van der Waals surface area contributed by atoms with Crippen molar-refractivity contribution in [2.24, 2.45) is 11.1 Å². The van der Waals surface area contributed by atoms with Crippen LogP contribution < -0.4 is 0 Å². The summed E-state index contributed by atoms with van der Waals surface area (Å²) in [6.07, 6.45) is 2.27. The SMILES string of the molecule is COCCC(=O)N1CCN(CCO/N=C/C(C)C)CC1. The Labute approximate surface area is 121 Å². The summed E-state index contributed by atoms with van der Waals surface area (Å²) >= 11 is 0. The fourth-order valence-electron chi connectivity index (χ4n) is 1.96. The smallest absolute Gasteiger partial charge is 0.224 e. The molecule has 0 bridgehead atoms. The molecule has 6 nitrogen and oxygen atoms in total. The Morgan fingerprint density at radius 2 is 1.95 bits per heavy atom. The lowest BCUT2D eigenvalue weighted by Crippen LogP contribution is -2.49. The molecule has 0 aromatic rings. The first-order valence-electron chi connectivity index (χ1n) is 7.28. The number of ether oxygens (including phenoxy) is 1. The molecule has 116 valence electrons. The number of hydrogen-bond donors (Lipinski definition) is 0. The minimum Gasteiger partial charge on any atom is -0.395 e. The van der Waals surface area contributed by atoms with Crippen molar-refractivity contribution in [3.8, 4) is 0 Å². The molecule has 1 heterocycles. The van der Waals surface area contributed by atoms with Crippen LogP contribution in [0.15, 0.2) is 5.16 Å². The standard InChI is InChI=1S/C14H27N3O3/c1-13(2)12-15-20-11-9-16-5-7-17(8-6-16)14(18)4-10-19-3/h12-13H,4-11H2,1-3H3/b15-12+. The molecular formula is C14H27N3O3. The molecule has 0 unspecified atom stereocenters. The molecule has 6 heteroatoms. The number of oxime groups is 1. The van der Waals surface area contributed by atoms with E-state index in [4.69, 9.17) is 9.57 Å². The molecule has 1 aliphatic heterocycles. The van der Waals surface area contributed by atoms with E-state index >= 15 is 0 Å². The van der Waals surface area contributed by atoms with Crippen LogP contribution in [0, 0.1) is 5.92 Å². The van der Waals surface area contributed by atoms with Gasteiger partial charge in [0, 0.05) is 46.0 Å². The lowest BCUT2D eigenvalue weighted by atomic mass is 10.3. The molecule has 0 radical (unpaired) electrons. The molecule has 0 aromatic heterocycles. The lowest BCUT2D eigenvalue weighted by Gasteiger charge is -2.34. The zero-order valence-electron chi connectivity index (χ0n) is 12.9. The van der Waals surface area contributed by atoms with Gasteiger partial charge in [0.2, 0.25) is 5.91 Å². The van der Waals surface area contributed by atoms with E-state index < -0.39 is 0 Å². The van der Waals surface area contributed by atoms with Gasteiger partial charge in [-0.15, -0.1) is 0 Å². The Morgan fingerprint density at radius 3 is 2.55 bits per heavy atom. The molecule has 1 saturated heterocycles. The highest BCUT2D eigenvalue weighted by atomic mass is 16.6. The first-order valence-corrected chi connectivity index (χ1v) is 7.28. The van der Waals surface area contributed by atoms with Crippen LogP contribution >= 0.6 is 0 Å². The van der Waals surface area contributed by atoms with Crippen LogP contribution in [0.2, 0.25) is 0 Å². The van der Waals surface area contributed by atoms with Gasteiger partial charge >= 0.3 is 0 Å². The molecule has 0 atom stereocenters. The molecule has 1 rings (SSSR count). The molecule has 0 spiro atoms. The minimum atomic E-state index is 0.185. The Morgan fingerprint density at radius 1 is 1.25 bits per heavy atom. The first kappa shape index (κ1) is 16.9. The third-order valence-electron chi connectivity index (χ3n) is 3.18. The second-order valence-corrected chi connectivity index (χ2v) is 5.30. The third kappa shape index (κ3) is 6.86. The summed E-state index contributed by atoms with van der Waals surface area (Å²) in [5.41, 5.74) is 0. The number of nitrogens with zero attached hydrogens (tertiary/aromatic N) is 3. The van der Waals surface area contributed by atoms with Gasteiger partial charge in [-0.2, -0.15) is 0 Å². The van der Waals surface area contributed by atoms with Crippen LogP contribution in [0.3, 0.4) is 0 Å². The Bertz CT molecular complexity index is 300. The maximum Gasteiger partial charge on any atom is 0.224 e. The van der Waals surface area contributed by atoms with Crippen molar-refractivity contribution in [1.29, 1.82) is 0 Å². The summed E-state index contributed by atoms with van der Waals surface area (Å²) < 4.78 is 4.93. The van der Waals surface area contributed by atoms with E-state index in [1.54, 1.807) is 13.3 Å². The van der Waals surface area contributed by atoms with E-state index in [1.165, 1.54) is 0 Å². The molecule has 1 amide bonds. The summed E-state index contributed by atoms with van der Waals surface area (Å²) in [5.74, 6) is 0.598. The van der Waals surface area contributed by atoms with Gasteiger partial charge in [-0.3, -0.25) is 9.69 Å². The minimum absolute atomic E-state index is 0.185. The van der Waals surface area contributed by atoms with Gasteiger partial charge in [0.25, 0.3) is 0 Å². The normalized spacial score (nSPS) is 17.1. The van der Waals surface area contributed by atoms with Crippen molar-refractivity contribution in [3.05, 3.63) is 0 Å². The molecule has 0 saturated carbocycles. The van der Waals surface area contributed by atoms with E-state index in [2.05, 4.69) is 23.9 Å². The second-order valence-electron chi connectivity index (χ2n) is 5.30. The van der Waals surface area contributed by atoms with Gasteiger partial charge in [0.1, 0.15) is 6.61 Å². The number of hydrogen-bond acceptors (Lipinski definition) is 5. The van der Waals surface area contributed by atoms with Crippen LogP contribution in [-0.2, 0) is 14.4 Å². The number of carbonyl (C=O) groups is 1. The van der Waals surface area contributed by atoms with Gasteiger partial charge in [-0.25, -0.2) is 0 Å². The van der Waals surface area contributed by atoms with Crippen LogP contribution in [-0.4, -0.2) is 75.0 Å². The average molecular weight is 285 g/mol. The highest BCUT2D eigenvalue weighted by molar-refractivity contribution is 5.76. The van der Waals surface area contributed by atoms with Gasteiger partial charge < -0.3 is 14.5 Å². The van der Waals surface area contributed by atoms with Crippen molar-refractivity contribution < 1.29 is 14.4 Å². The summed E-state index contributed by atoms with van der Waals surface area (Å²) in [6.45, 7) is 9.46. The van der Waals surface area contributed by atoms with E-state index in [0.29, 0.717) is 25.6 Å². The topological polar surface area (TPSA) is 54.4 Å². The zero-order chi connectivity index (χ0) is 14.8. The molecule has 1 fully saturated rings. The van der Waals surface area contributed by atoms with Crippen LogP contribution in [0.5, 0.6) is 0 Å². The van der Waals surface area contributed by atoms with E-state index in [1.807, 2.05) is 4.90 Å². The lowest BCUT2D eigenvalue weighted by molar-refractivity contribution is -0.133. The van der Waals surface area contributed by atoms with Crippen LogP contribution in [0.4, 0.5) is 0 Å². The molecule has 1 aliphatic rings. The fourth-order valence-corrected chi connectivity index (χ4v) is 1.96. The number of amides is 1. The fraction of sp³-hybridized carbons (Fsp3) is 0.857. The Kier molecular flexibility index (Phi) is 8.22. The number of rotatable bonds is 8. The van der Waals surface area contributed by atoms with Crippen molar-refractivity contribution in [2.45, 2.75) is 20.3 Å². The summed E-state index contributed by atoms with van der Waals surface area (Å²) in [4.78, 5) is 21.2. The summed E-state index contributed by atoms with van der Waals surface area (Å²) in [7, 11) is 1.62. The summed E-state index contributed by atoms with van der Waals surface area (Å²) in [6, 6.07) is 0. The Hall–Kier alpha value is -1.14. The average Bonchev–Trinajstić information content (AvgIpc) is 2.44. The van der Waals surface area contributed by atoms with E-state index in [-0.39, 0.29) is 5.91 Å². The number of piperazine rings is 1. The molecule has 0 aromatic carbocycles. The van der Waals surface area contributed by atoms with Gasteiger partial charge in [-0.1, -0.05) is 19.0 Å². The molecular weight excluding hydrogens is 258 g/mol. The second kappa shape index (κ2) is 9.72. The van der Waals surface area contributed by atoms with Gasteiger partial charge in [0.15, 0.2) is 0 Å². The van der Waals surface area contributed by atoms with Crippen LogP contribution in [0.25, 0.3) is 0 Å². The maximum atomic E-state index is 11.8. The van der Waals surface area contributed by atoms with Crippen LogP contribution in [0.1, 0.15) is 20.3 Å². The van der Waals surface area contributed by atoms with Crippen molar-refractivity contribution >= 4 is 12.1 Å². The zero-order valence-corrected chi connectivity index (χ0v) is 12.9. The van der Waals surface area contributed by atoms with E-state index in [9.17, 15) is 4.79 Å². The quantitative estimate of drug-likeness (QED) is 0.376. The van der Waals surface area contributed by atoms with Gasteiger partial charge in [-0.05, 0) is 5.92 Å². The monoisotopic (exact) mass is 285 g/mol. The summed E-state index contributed by atoms with van der Waals surface area (Å²) in [5, 5.41) is 3.90. The van der Waals surface area contributed by atoms with Crippen molar-refractivity contribution in [3.63, 3.8) is 0 Å². The number of carbonyl (C=O) groups excluding carboxylic acids is 1. The largest absolute Gasteiger partial charge is 0.395 e. The first-order chi connectivity index (χ1) is 9.63. The Balaban J connectivity index is 2.11. The molecule has 0 aliphatic carbocycles. The predicted octanol–water partition coefficient (Wildman–Crippen LogP) is 0.826. The van der Waals surface area contributed by atoms with Crippen molar-refractivity contribution in [1.82, 2.24) is 9.80 Å².